The number of anilines is 2. The Hall–Kier alpha value is -2.37. The van der Waals surface area contributed by atoms with Crippen molar-refractivity contribution < 1.29 is 4.74 Å². The second kappa shape index (κ2) is 7.76. The number of aromatic nitrogens is 3. The van der Waals surface area contributed by atoms with Crippen LogP contribution < -0.4 is 14.5 Å². The van der Waals surface area contributed by atoms with E-state index >= 15 is 0 Å². The molecular formula is C17H23N5O. The summed E-state index contributed by atoms with van der Waals surface area (Å²) in [5, 5.41) is 0. The zero-order chi connectivity index (χ0) is 15.9. The summed E-state index contributed by atoms with van der Waals surface area (Å²) in [6.45, 7) is 6.50. The zero-order valence-electron chi connectivity index (χ0n) is 13.6. The maximum absolute atomic E-state index is 5.57. The van der Waals surface area contributed by atoms with Crippen LogP contribution in [0.5, 0.6) is 6.01 Å². The molecule has 1 aliphatic rings. The van der Waals surface area contributed by atoms with Gasteiger partial charge in [0.1, 0.15) is 6.33 Å². The molecule has 6 nitrogen and oxygen atoms in total. The van der Waals surface area contributed by atoms with E-state index in [1.807, 2.05) is 6.07 Å². The van der Waals surface area contributed by atoms with E-state index in [1.165, 1.54) is 12.0 Å². The van der Waals surface area contributed by atoms with Crippen LogP contribution in [-0.4, -0.2) is 47.7 Å². The molecule has 1 aromatic carbocycles. The largest absolute Gasteiger partial charge is 0.463 e. The molecule has 1 saturated heterocycles. The summed E-state index contributed by atoms with van der Waals surface area (Å²) in [7, 11) is 0. The van der Waals surface area contributed by atoms with Gasteiger partial charge in [-0.15, -0.1) is 0 Å². The number of hydrogen-bond acceptors (Lipinski definition) is 6. The molecule has 6 heteroatoms. The van der Waals surface area contributed by atoms with Crippen molar-refractivity contribution in [2.45, 2.75) is 19.8 Å². The van der Waals surface area contributed by atoms with Gasteiger partial charge in [-0.25, -0.2) is 4.98 Å². The summed E-state index contributed by atoms with van der Waals surface area (Å²) in [4.78, 5) is 17.4. The van der Waals surface area contributed by atoms with E-state index in [0.717, 1.165) is 39.0 Å². The Bertz CT molecular complexity index is 599. The first-order valence-electron chi connectivity index (χ1n) is 8.23. The molecular weight excluding hydrogens is 290 g/mol. The third-order valence-electron chi connectivity index (χ3n) is 3.95. The lowest BCUT2D eigenvalue weighted by Gasteiger charge is -2.36. The summed E-state index contributed by atoms with van der Waals surface area (Å²) in [6.07, 6.45) is 3.64. The average molecular weight is 313 g/mol. The van der Waals surface area contributed by atoms with Crippen molar-refractivity contribution in [3.05, 3.63) is 36.7 Å². The van der Waals surface area contributed by atoms with Crippen LogP contribution in [0.4, 0.5) is 11.6 Å². The van der Waals surface area contributed by atoms with Gasteiger partial charge >= 0.3 is 6.01 Å². The Balaban J connectivity index is 1.58. The molecule has 2 heterocycles. The van der Waals surface area contributed by atoms with Gasteiger partial charge in [0, 0.05) is 31.9 Å². The maximum atomic E-state index is 5.57. The van der Waals surface area contributed by atoms with Crippen LogP contribution in [0, 0.1) is 0 Å². The first kappa shape index (κ1) is 15.5. The maximum Gasteiger partial charge on any atom is 0.321 e. The van der Waals surface area contributed by atoms with Gasteiger partial charge in [0.15, 0.2) is 0 Å². The second-order valence-electron chi connectivity index (χ2n) is 5.58. The molecule has 23 heavy (non-hydrogen) atoms. The zero-order valence-corrected chi connectivity index (χ0v) is 13.6. The fourth-order valence-corrected chi connectivity index (χ4v) is 2.61. The minimum Gasteiger partial charge on any atom is -0.463 e. The Morgan fingerprint density at radius 3 is 2.48 bits per heavy atom. The molecule has 0 saturated carbocycles. The molecule has 0 amide bonds. The molecule has 1 aliphatic heterocycles. The van der Waals surface area contributed by atoms with Crippen LogP contribution in [-0.2, 0) is 0 Å². The van der Waals surface area contributed by atoms with Crippen LogP contribution in [0.1, 0.15) is 19.8 Å². The van der Waals surface area contributed by atoms with Gasteiger partial charge < -0.3 is 14.5 Å². The fraction of sp³-hybridized carbons (Fsp3) is 0.471. The smallest absolute Gasteiger partial charge is 0.321 e. The molecule has 1 fully saturated rings. The average Bonchev–Trinajstić information content (AvgIpc) is 2.63. The highest BCUT2D eigenvalue weighted by molar-refractivity contribution is 5.48. The number of nitrogens with zero attached hydrogens (tertiary/aromatic N) is 5. The Morgan fingerprint density at radius 2 is 1.74 bits per heavy atom. The third-order valence-corrected chi connectivity index (χ3v) is 3.95. The number of hydrogen-bond donors (Lipinski definition) is 0. The van der Waals surface area contributed by atoms with Crippen LogP contribution >= 0.6 is 0 Å². The van der Waals surface area contributed by atoms with E-state index in [0.29, 0.717) is 18.6 Å². The van der Waals surface area contributed by atoms with Crippen molar-refractivity contribution in [3.8, 4) is 6.01 Å². The van der Waals surface area contributed by atoms with Gasteiger partial charge in [0.25, 0.3) is 0 Å². The molecule has 0 unspecified atom stereocenters. The van der Waals surface area contributed by atoms with Gasteiger partial charge in [-0.1, -0.05) is 31.5 Å². The molecule has 0 N–H and O–H groups in total. The van der Waals surface area contributed by atoms with E-state index in [1.54, 1.807) is 0 Å². The highest BCUT2D eigenvalue weighted by atomic mass is 16.5. The van der Waals surface area contributed by atoms with Crippen molar-refractivity contribution in [1.29, 1.82) is 0 Å². The molecule has 0 atom stereocenters. The lowest BCUT2D eigenvalue weighted by atomic mass is 10.2. The minimum atomic E-state index is 0.425. The van der Waals surface area contributed by atoms with E-state index in [-0.39, 0.29) is 0 Å². The van der Waals surface area contributed by atoms with Crippen molar-refractivity contribution in [3.63, 3.8) is 0 Å². The summed E-state index contributed by atoms with van der Waals surface area (Å²) in [5.74, 6) is 0.708. The molecule has 0 bridgehead atoms. The van der Waals surface area contributed by atoms with Gasteiger partial charge in [-0.2, -0.15) is 9.97 Å². The monoisotopic (exact) mass is 313 g/mol. The Labute approximate surface area is 137 Å². The predicted molar refractivity (Wildman–Crippen MR) is 91.1 cm³/mol. The number of rotatable bonds is 6. The van der Waals surface area contributed by atoms with Gasteiger partial charge in [0.2, 0.25) is 5.95 Å². The minimum absolute atomic E-state index is 0.425. The van der Waals surface area contributed by atoms with Gasteiger partial charge in [0.05, 0.1) is 6.61 Å². The molecule has 2 aromatic rings. The van der Waals surface area contributed by atoms with E-state index < -0.39 is 0 Å². The number of benzene rings is 1. The molecule has 1 aromatic heterocycles. The lowest BCUT2D eigenvalue weighted by Crippen LogP contribution is -2.47. The number of unbranched alkanes of at least 4 members (excludes halogenated alkanes) is 1. The quantitative estimate of drug-likeness (QED) is 0.763. The van der Waals surface area contributed by atoms with Crippen molar-refractivity contribution in [1.82, 2.24) is 15.0 Å². The van der Waals surface area contributed by atoms with Crippen LogP contribution in [0.25, 0.3) is 0 Å². The Morgan fingerprint density at radius 1 is 1.00 bits per heavy atom. The molecule has 3 rings (SSSR count). The standard InChI is InChI=1S/C17H23N5O/c1-2-3-13-23-17-19-14-18-16(20-17)22-11-9-21(10-12-22)15-7-5-4-6-8-15/h4-8,14H,2-3,9-13H2,1H3. The molecule has 0 radical (unpaired) electrons. The number of piperazine rings is 1. The molecule has 0 spiro atoms. The second-order valence-corrected chi connectivity index (χ2v) is 5.58. The predicted octanol–water partition coefficient (Wildman–Crippen LogP) is 2.38. The third kappa shape index (κ3) is 4.09. The SMILES string of the molecule is CCCCOc1ncnc(N2CCN(c3ccccc3)CC2)n1. The van der Waals surface area contributed by atoms with Crippen molar-refractivity contribution in [2.24, 2.45) is 0 Å². The number of para-hydroxylation sites is 1. The number of ether oxygens (including phenoxy) is 1. The highest BCUT2D eigenvalue weighted by Crippen LogP contribution is 2.18. The summed E-state index contributed by atoms with van der Waals surface area (Å²) in [5.41, 5.74) is 1.27. The Kier molecular flexibility index (Phi) is 5.24. The lowest BCUT2D eigenvalue weighted by molar-refractivity contribution is 0.284. The van der Waals surface area contributed by atoms with Crippen molar-refractivity contribution >= 4 is 11.6 Å². The van der Waals surface area contributed by atoms with Crippen LogP contribution in [0.15, 0.2) is 36.7 Å². The van der Waals surface area contributed by atoms with Crippen molar-refractivity contribution in [2.75, 3.05) is 42.6 Å². The topological polar surface area (TPSA) is 54.4 Å². The van der Waals surface area contributed by atoms with Gasteiger partial charge in [-0.05, 0) is 18.6 Å². The first-order chi connectivity index (χ1) is 11.4. The normalized spacial score (nSPS) is 14.8. The van der Waals surface area contributed by atoms with E-state index in [4.69, 9.17) is 4.74 Å². The van der Waals surface area contributed by atoms with E-state index in [2.05, 4.69) is 55.9 Å². The summed E-state index contributed by atoms with van der Waals surface area (Å²) < 4.78 is 5.57. The van der Waals surface area contributed by atoms with Crippen LogP contribution in [0.3, 0.4) is 0 Å². The summed E-state index contributed by atoms with van der Waals surface area (Å²) in [6, 6.07) is 10.9. The van der Waals surface area contributed by atoms with Crippen LogP contribution in [0.2, 0.25) is 0 Å². The van der Waals surface area contributed by atoms with Gasteiger partial charge in [-0.3, -0.25) is 0 Å². The fourth-order valence-electron chi connectivity index (χ4n) is 2.61. The molecule has 0 aliphatic carbocycles. The highest BCUT2D eigenvalue weighted by Gasteiger charge is 2.19. The van der Waals surface area contributed by atoms with E-state index in [9.17, 15) is 0 Å². The molecule has 122 valence electrons. The summed E-state index contributed by atoms with van der Waals surface area (Å²) >= 11 is 0. The first-order valence-corrected chi connectivity index (χ1v) is 8.23.